The number of benzene rings is 2. The highest BCUT2D eigenvalue weighted by molar-refractivity contribution is 5.98. The molecule has 3 rings (SSSR count). The lowest BCUT2D eigenvalue weighted by molar-refractivity contribution is -0.120. The Hall–Kier alpha value is -2.64. The van der Waals surface area contributed by atoms with Crippen molar-refractivity contribution in [1.29, 1.82) is 5.26 Å². The zero-order chi connectivity index (χ0) is 15.5. The zero-order valence-corrected chi connectivity index (χ0v) is 12.2. The maximum atomic E-state index is 12.6. The third-order valence-corrected chi connectivity index (χ3v) is 3.99. The van der Waals surface area contributed by atoms with Gasteiger partial charge in [0.1, 0.15) is 0 Å². The van der Waals surface area contributed by atoms with Gasteiger partial charge in [-0.15, -0.1) is 0 Å². The number of nitrogens with two attached hydrogens (primary N) is 1. The molecule has 0 aliphatic carbocycles. The Morgan fingerprint density at radius 2 is 2.05 bits per heavy atom. The van der Waals surface area contributed by atoms with Crippen LogP contribution in [0.1, 0.15) is 23.1 Å². The van der Waals surface area contributed by atoms with E-state index >= 15 is 0 Å². The fourth-order valence-corrected chi connectivity index (χ4v) is 2.82. The Bertz CT molecular complexity index is 748. The van der Waals surface area contributed by atoms with Crippen molar-refractivity contribution >= 4 is 11.6 Å². The van der Waals surface area contributed by atoms with Crippen LogP contribution in [0.15, 0.2) is 48.5 Å². The van der Waals surface area contributed by atoms with Gasteiger partial charge in [-0.1, -0.05) is 30.3 Å². The van der Waals surface area contributed by atoms with Gasteiger partial charge in [0.05, 0.1) is 24.2 Å². The predicted octanol–water partition coefficient (Wildman–Crippen LogP) is 2.36. The number of carbonyl (C=O) groups excluding carboxylic acids is 1. The van der Waals surface area contributed by atoms with Gasteiger partial charge >= 0.3 is 0 Å². The number of nitrogens with zero attached hydrogens (tertiary/aromatic N) is 2. The molecule has 1 aliphatic rings. The molecule has 0 saturated carbocycles. The molecule has 2 aromatic carbocycles. The van der Waals surface area contributed by atoms with Crippen molar-refractivity contribution < 1.29 is 4.79 Å². The zero-order valence-electron chi connectivity index (χ0n) is 12.2. The molecule has 1 aliphatic heterocycles. The third kappa shape index (κ3) is 2.72. The van der Waals surface area contributed by atoms with Crippen molar-refractivity contribution in [3.63, 3.8) is 0 Å². The summed E-state index contributed by atoms with van der Waals surface area (Å²) in [6, 6.07) is 16.9. The minimum atomic E-state index is -0.480. The Morgan fingerprint density at radius 3 is 2.86 bits per heavy atom. The lowest BCUT2D eigenvalue weighted by Crippen LogP contribution is -2.42. The second kappa shape index (κ2) is 6.00. The fourth-order valence-electron chi connectivity index (χ4n) is 2.82. The number of carbonyl (C=O) groups is 1. The highest BCUT2D eigenvalue weighted by Crippen LogP contribution is 2.28. The first-order valence-corrected chi connectivity index (χ1v) is 7.33. The summed E-state index contributed by atoms with van der Waals surface area (Å²) in [5, 5.41) is 9.01. The van der Waals surface area contributed by atoms with E-state index in [1.807, 2.05) is 42.5 Å². The molecule has 0 saturated heterocycles. The fraction of sp³-hybridized carbons (Fsp3) is 0.222. The minimum Gasteiger partial charge on any atom is -0.320 e. The number of aryl methyl sites for hydroxylation is 1. The van der Waals surface area contributed by atoms with E-state index in [0.29, 0.717) is 18.5 Å². The molecule has 110 valence electrons. The molecule has 1 amide bonds. The van der Waals surface area contributed by atoms with Crippen LogP contribution < -0.4 is 10.6 Å². The SMILES string of the molecule is N#Cc1cccc(CN2C(=O)C(N)CCc3ccccc32)c1. The Balaban J connectivity index is 1.99. The van der Waals surface area contributed by atoms with Crippen LogP contribution in [0.4, 0.5) is 5.69 Å². The van der Waals surface area contributed by atoms with Crippen LogP contribution in [0.25, 0.3) is 0 Å². The number of amides is 1. The quantitative estimate of drug-likeness (QED) is 0.923. The molecular formula is C18H17N3O. The van der Waals surface area contributed by atoms with Crippen molar-refractivity contribution in [1.82, 2.24) is 0 Å². The maximum absolute atomic E-state index is 12.6. The molecule has 2 aromatic rings. The number of hydrogen-bond acceptors (Lipinski definition) is 3. The summed E-state index contributed by atoms with van der Waals surface area (Å²) < 4.78 is 0. The van der Waals surface area contributed by atoms with Crippen molar-refractivity contribution in [2.75, 3.05) is 4.90 Å². The van der Waals surface area contributed by atoms with E-state index in [1.165, 1.54) is 0 Å². The lowest BCUT2D eigenvalue weighted by atomic mass is 10.1. The van der Waals surface area contributed by atoms with Gasteiger partial charge < -0.3 is 10.6 Å². The van der Waals surface area contributed by atoms with Gasteiger partial charge in [-0.05, 0) is 42.2 Å². The van der Waals surface area contributed by atoms with E-state index < -0.39 is 6.04 Å². The summed E-state index contributed by atoms with van der Waals surface area (Å²) in [4.78, 5) is 14.3. The van der Waals surface area contributed by atoms with Crippen LogP contribution in [0.3, 0.4) is 0 Å². The highest BCUT2D eigenvalue weighted by atomic mass is 16.2. The second-order valence-corrected chi connectivity index (χ2v) is 5.51. The van der Waals surface area contributed by atoms with Crippen molar-refractivity contribution in [3.05, 3.63) is 65.2 Å². The van der Waals surface area contributed by atoms with Crippen LogP contribution in [0.2, 0.25) is 0 Å². The van der Waals surface area contributed by atoms with Gasteiger partial charge in [-0.3, -0.25) is 4.79 Å². The smallest absolute Gasteiger partial charge is 0.244 e. The average molecular weight is 291 g/mol. The molecule has 0 fully saturated rings. The number of rotatable bonds is 2. The highest BCUT2D eigenvalue weighted by Gasteiger charge is 2.27. The van der Waals surface area contributed by atoms with E-state index in [1.54, 1.807) is 11.0 Å². The molecule has 1 atom stereocenters. The van der Waals surface area contributed by atoms with E-state index in [2.05, 4.69) is 6.07 Å². The van der Waals surface area contributed by atoms with E-state index in [0.717, 1.165) is 23.2 Å². The van der Waals surface area contributed by atoms with Gasteiger partial charge in [0.15, 0.2) is 0 Å². The van der Waals surface area contributed by atoms with Crippen LogP contribution in [-0.2, 0) is 17.8 Å². The summed E-state index contributed by atoms with van der Waals surface area (Å²) in [6.45, 7) is 0.430. The lowest BCUT2D eigenvalue weighted by Gasteiger charge is -2.25. The Kier molecular flexibility index (Phi) is 3.90. The van der Waals surface area contributed by atoms with Gasteiger partial charge in [-0.25, -0.2) is 0 Å². The van der Waals surface area contributed by atoms with E-state index in [4.69, 9.17) is 11.0 Å². The van der Waals surface area contributed by atoms with Crippen molar-refractivity contribution in [2.24, 2.45) is 5.73 Å². The molecule has 4 heteroatoms. The van der Waals surface area contributed by atoms with Crippen LogP contribution in [0, 0.1) is 11.3 Å². The summed E-state index contributed by atoms with van der Waals surface area (Å²) in [6.07, 6.45) is 1.46. The van der Waals surface area contributed by atoms with Crippen molar-refractivity contribution in [3.8, 4) is 6.07 Å². The Morgan fingerprint density at radius 1 is 1.23 bits per heavy atom. The molecule has 22 heavy (non-hydrogen) atoms. The van der Waals surface area contributed by atoms with Gasteiger partial charge in [0.2, 0.25) is 5.91 Å². The molecule has 1 unspecified atom stereocenters. The molecule has 1 heterocycles. The first-order chi connectivity index (χ1) is 10.7. The van der Waals surface area contributed by atoms with E-state index in [9.17, 15) is 4.79 Å². The van der Waals surface area contributed by atoms with Crippen LogP contribution in [0.5, 0.6) is 0 Å². The van der Waals surface area contributed by atoms with Crippen LogP contribution in [-0.4, -0.2) is 11.9 Å². The Labute approximate surface area is 129 Å². The number of nitriles is 1. The van der Waals surface area contributed by atoms with Gasteiger partial charge in [-0.2, -0.15) is 5.26 Å². The molecule has 0 spiro atoms. The number of anilines is 1. The summed E-state index contributed by atoms with van der Waals surface area (Å²) in [5.74, 6) is -0.0627. The second-order valence-electron chi connectivity index (χ2n) is 5.51. The van der Waals surface area contributed by atoms with Gasteiger partial charge in [0, 0.05) is 5.69 Å². The largest absolute Gasteiger partial charge is 0.320 e. The van der Waals surface area contributed by atoms with Crippen LogP contribution >= 0.6 is 0 Å². The average Bonchev–Trinajstić information content (AvgIpc) is 2.68. The first kappa shape index (κ1) is 14.3. The van der Waals surface area contributed by atoms with Crippen molar-refractivity contribution in [2.45, 2.75) is 25.4 Å². The van der Waals surface area contributed by atoms with Gasteiger partial charge in [0.25, 0.3) is 0 Å². The molecule has 2 N–H and O–H groups in total. The monoisotopic (exact) mass is 291 g/mol. The summed E-state index contributed by atoms with van der Waals surface area (Å²) >= 11 is 0. The summed E-state index contributed by atoms with van der Waals surface area (Å²) in [5.41, 5.74) is 9.59. The molecule has 0 bridgehead atoms. The number of para-hydroxylation sites is 1. The standard InChI is InChI=1S/C18H17N3O/c19-11-13-4-3-5-14(10-13)12-21-17-7-2-1-6-15(17)8-9-16(20)18(21)22/h1-7,10,16H,8-9,12,20H2. The molecule has 0 radical (unpaired) electrons. The minimum absolute atomic E-state index is 0.0627. The maximum Gasteiger partial charge on any atom is 0.244 e. The molecule has 0 aromatic heterocycles. The normalized spacial score (nSPS) is 17.5. The molecule has 4 nitrogen and oxygen atoms in total. The number of hydrogen-bond donors (Lipinski definition) is 1. The number of fused-ring (bicyclic) bond motifs is 1. The predicted molar refractivity (Wildman–Crippen MR) is 85.1 cm³/mol. The topological polar surface area (TPSA) is 70.1 Å². The van der Waals surface area contributed by atoms with E-state index in [-0.39, 0.29) is 5.91 Å². The summed E-state index contributed by atoms with van der Waals surface area (Å²) in [7, 11) is 0. The molecular weight excluding hydrogens is 274 g/mol. The third-order valence-electron chi connectivity index (χ3n) is 3.99. The first-order valence-electron chi connectivity index (χ1n) is 7.33.